The van der Waals surface area contributed by atoms with Crippen molar-refractivity contribution in [3.63, 3.8) is 0 Å². The van der Waals surface area contributed by atoms with E-state index in [-0.39, 0.29) is 0 Å². The number of hydrogen-bond acceptors (Lipinski definition) is 0. The van der Waals surface area contributed by atoms with Crippen LogP contribution >= 0.6 is 0 Å². The number of rotatable bonds is 5. The van der Waals surface area contributed by atoms with E-state index in [1.807, 2.05) is 0 Å². The molecule has 28 heavy (non-hydrogen) atoms. The van der Waals surface area contributed by atoms with Crippen molar-refractivity contribution in [2.24, 2.45) is 0 Å². The second kappa shape index (κ2) is 9.55. The first-order chi connectivity index (χ1) is 13.2. The van der Waals surface area contributed by atoms with Gasteiger partial charge in [-0.15, -0.1) is 0 Å². The quantitative estimate of drug-likeness (QED) is 0.466. The topological polar surface area (TPSA) is 0 Å². The fourth-order valence-corrected chi connectivity index (χ4v) is 3.53. The summed E-state index contributed by atoms with van der Waals surface area (Å²) in [6.07, 6.45) is 12.8. The van der Waals surface area contributed by atoms with Crippen LogP contribution in [0.2, 0.25) is 0 Å². The van der Waals surface area contributed by atoms with Crippen LogP contribution in [0.3, 0.4) is 0 Å². The molecule has 0 unspecified atom stereocenters. The Morgan fingerprint density at radius 2 is 1.11 bits per heavy atom. The van der Waals surface area contributed by atoms with Gasteiger partial charge in [-0.05, 0) is 99.9 Å². The summed E-state index contributed by atoms with van der Waals surface area (Å²) in [5.41, 5.74) is 13.6. The highest BCUT2D eigenvalue weighted by Crippen LogP contribution is 2.33. The molecular formula is C28H34. The van der Waals surface area contributed by atoms with Gasteiger partial charge in [0.25, 0.3) is 0 Å². The molecule has 0 bridgehead atoms. The lowest BCUT2D eigenvalue weighted by atomic mass is 9.84. The Hall–Kier alpha value is -2.60. The molecule has 0 atom stereocenters. The lowest BCUT2D eigenvalue weighted by molar-refractivity contribution is 1.15. The molecule has 0 aliphatic rings. The molecule has 0 heterocycles. The highest BCUT2D eigenvalue weighted by Gasteiger charge is 2.14. The smallest absolute Gasteiger partial charge is 0.0121 e. The van der Waals surface area contributed by atoms with E-state index in [4.69, 9.17) is 0 Å². The molecule has 0 radical (unpaired) electrons. The van der Waals surface area contributed by atoms with Gasteiger partial charge in [0.15, 0.2) is 0 Å². The van der Waals surface area contributed by atoms with Gasteiger partial charge in [0, 0.05) is 0 Å². The minimum Gasteiger partial charge on any atom is -0.0686 e. The molecule has 0 aromatic heterocycles. The molecule has 146 valence electrons. The van der Waals surface area contributed by atoms with Crippen molar-refractivity contribution in [2.45, 2.75) is 55.4 Å². The van der Waals surface area contributed by atoms with E-state index in [1.54, 1.807) is 0 Å². The van der Waals surface area contributed by atoms with E-state index >= 15 is 0 Å². The predicted molar refractivity (Wildman–Crippen MR) is 127 cm³/mol. The Kier molecular flexibility index (Phi) is 7.40. The average Bonchev–Trinajstić information content (AvgIpc) is 2.67. The van der Waals surface area contributed by atoms with Gasteiger partial charge >= 0.3 is 0 Å². The highest BCUT2D eigenvalue weighted by molar-refractivity contribution is 5.81. The SMILES string of the molecule is CC(C)=C(/C=C/C=C/C=C/c1ccc(C)cc1)c1c(C)c(C)c(C)c(C)c1C. The van der Waals surface area contributed by atoms with Gasteiger partial charge in [-0.25, -0.2) is 0 Å². The van der Waals surface area contributed by atoms with Crippen molar-refractivity contribution in [3.05, 3.63) is 105 Å². The fraction of sp³-hybridized carbons (Fsp3) is 0.286. The Labute approximate surface area is 172 Å². The molecular weight excluding hydrogens is 336 g/mol. The molecule has 2 rings (SSSR count). The molecule has 0 amide bonds. The van der Waals surface area contributed by atoms with Gasteiger partial charge in [-0.2, -0.15) is 0 Å². The number of aryl methyl sites for hydroxylation is 1. The standard InChI is InChI=1S/C28H34/c1-19(2)27(28-24(7)22(5)21(4)23(6)25(28)8)14-12-10-9-11-13-26-17-15-20(3)16-18-26/h9-18H,1-8H3/b10-9+,13-11+,14-12+. The lowest BCUT2D eigenvalue weighted by Crippen LogP contribution is -2.02. The molecule has 0 aliphatic heterocycles. The van der Waals surface area contributed by atoms with E-state index in [9.17, 15) is 0 Å². The summed E-state index contributed by atoms with van der Waals surface area (Å²) in [6, 6.07) is 8.57. The Morgan fingerprint density at radius 3 is 1.64 bits per heavy atom. The highest BCUT2D eigenvalue weighted by atomic mass is 14.2. The van der Waals surface area contributed by atoms with Crippen LogP contribution in [0.4, 0.5) is 0 Å². The van der Waals surface area contributed by atoms with E-state index < -0.39 is 0 Å². The summed E-state index contributed by atoms with van der Waals surface area (Å²) in [6.45, 7) is 17.7. The minimum atomic E-state index is 1.22. The van der Waals surface area contributed by atoms with Crippen LogP contribution in [-0.2, 0) is 0 Å². The zero-order chi connectivity index (χ0) is 20.8. The second-order valence-corrected chi connectivity index (χ2v) is 7.93. The first kappa shape index (κ1) is 21.7. The number of allylic oxidation sites excluding steroid dienone is 7. The molecule has 0 aliphatic carbocycles. The minimum absolute atomic E-state index is 1.22. The first-order valence-electron chi connectivity index (χ1n) is 10.1. The lowest BCUT2D eigenvalue weighted by Gasteiger charge is -2.20. The van der Waals surface area contributed by atoms with E-state index in [0.717, 1.165) is 0 Å². The Bertz CT molecular complexity index is 925. The van der Waals surface area contributed by atoms with Crippen LogP contribution in [0.5, 0.6) is 0 Å². The maximum absolute atomic E-state index is 2.25. The monoisotopic (exact) mass is 370 g/mol. The van der Waals surface area contributed by atoms with Gasteiger partial charge < -0.3 is 0 Å². The number of benzene rings is 2. The van der Waals surface area contributed by atoms with Gasteiger partial charge in [-0.3, -0.25) is 0 Å². The van der Waals surface area contributed by atoms with Crippen molar-refractivity contribution < 1.29 is 0 Å². The largest absolute Gasteiger partial charge is 0.0686 e. The summed E-state index contributed by atoms with van der Waals surface area (Å²) in [5.74, 6) is 0. The summed E-state index contributed by atoms with van der Waals surface area (Å²) in [4.78, 5) is 0. The molecule has 2 aromatic rings. The molecule has 0 heteroatoms. The maximum Gasteiger partial charge on any atom is -0.0121 e. The fourth-order valence-electron chi connectivity index (χ4n) is 3.53. The summed E-state index contributed by atoms with van der Waals surface area (Å²) in [7, 11) is 0. The van der Waals surface area contributed by atoms with Crippen LogP contribution in [0.1, 0.15) is 58.4 Å². The van der Waals surface area contributed by atoms with Gasteiger partial charge in [0.1, 0.15) is 0 Å². The van der Waals surface area contributed by atoms with Crippen LogP contribution in [-0.4, -0.2) is 0 Å². The zero-order valence-electron chi connectivity index (χ0n) is 18.8. The Morgan fingerprint density at radius 1 is 0.607 bits per heavy atom. The third-order valence-corrected chi connectivity index (χ3v) is 5.77. The van der Waals surface area contributed by atoms with Crippen LogP contribution < -0.4 is 0 Å². The van der Waals surface area contributed by atoms with Crippen molar-refractivity contribution in [2.75, 3.05) is 0 Å². The van der Waals surface area contributed by atoms with Crippen LogP contribution in [0, 0.1) is 41.5 Å². The van der Waals surface area contributed by atoms with Crippen LogP contribution in [0.25, 0.3) is 11.6 Å². The predicted octanol–water partition coefficient (Wildman–Crippen LogP) is 8.16. The molecule has 0 spiro atoms. The zero-order valence-corrected chi connectivity index (χ0v) is 18.8. The molecule has 0 saturated carbocycles. The van der Waals surface area contributed by atoms with E-state index in [0.29, 0.717) is 0 Å². The maximum atomic E-state index is 2.25. The van der Waals surface area contributed by atoms with E-state index in [1.165, 1.54) is 55.7 Å². The molecule has 0 N–H and O–H groups in total. The Balaban J connectivity index is 2.25. The number of hydrogen-bond donors (Lipinski definition) is 0. The third kappa shape index (κ3) is 5.01. The van der Waals surface area contributed by atoms with Gasteiger partial charge in [0.05, 0.1) is 0 Å². The van der Waals surface area contributed by atoms with Crippen molar-refractivity contribution in [1.29, 1.82) is 0 Å². The molecule has 2 aromatic carbocycles. The second-order valence-electron chi connectivity index (χ2n) is 7.93. The summed E-state index contributed by atoms with van der Waals surface area (Å²) < 4.78 is 0. The van der Waals surface area contributed by atoms with Crippen LogP contribution in [0.15, 0.2) is 60.2 Å². The normalized spacial score (nSPS) is 11.9. The third-order valence-electron chi connectivity index (χ3n) is 5.77. The average molecular weight is 371 g/mol. The van der Waals surface area contributed by atoms with Gasteiger partial charge in [0.2, 0.25) is 0 Å². The summed E-state index contributed by atoms with van der Waals surface area (Å²) in [5, 5.41) is 0. The van der Waals surface area contributed by atoms with Crippen molar-refractivity contribution >= 4 is 11.6 Å². The van der Waals surface area contributed by atoms with Gasteiger partial charge in [-0.1, -0.05) is 71.9 Å². The van der Waals surface area contributed by atoms with Crippen molar-refractivity contribution in [1.82, 2.24) is 0 Å². The molecule has 0 nitrogen and oxygen atoms in total. The molecule has 0 fully saturated rings. The summed E-state index contributed by atoms with van der Waals surface area (Å²) >= 11 is 0. The molecule has 0 saturated heterocycles. The van der Waals surface area contributed by atoms with Crippen molar-refractivity contribution in [3.8, 4) is 0 Å². The first-order valence-corrected chi connectivity index (χ1v) is 10.1. The van der Waals surface area contributed by atoms with E-state index in [2.05, 4.69) is 116 Å².